The van der Waals surface area contributed by atoms with Crippen LogP contribution in [0.4, 0.5) is 5.69 Å². The summed E-state index contributed by atoms with van der Waals surface area (Å²) >= 11 is 0. The van der Waals surface area contributed by atoms with Gasteiger partial charge in [0.25, 0.3) is 0 Å². The number of hydrogen-bond acceptors (Lipinski definition) is 5. The number of nitrogens with one attached hydrogen (secondary N) is 2. The number of ether oxygens (including phenoxy) is 2. The number of hydrazine groups is 1. The van der Waals surface area contributed by atoms with E-state index in [0.29, 0.717) is 5.92 Å². The third-order valence-corrected chi connectivity index (χ3v) is 6.56. The summed E-state index contributed by atoms with van der Waals surface area (Å²) in [6.07, 6.45) is 0. The highest BCUT2D eigenvalue weighted by atomic mass is 16.5. The van der Waals surface area contributed by atoms with Crippen molar-refractivity contribution in [1.29, 1.82) is 0 Å². The summed E-state index contributed by atoms with van der Waals surface area (Å²) in [5, 5.41) is 0. The minimum Gasteiger partial charge on any atom is -0.497 e. The van der Waals surface area contributed by atoms with E-state index in [1.54, 1.807) is 14.2 Å². The molecule has 3 atom stereocenters. The molecule has 0 saturated carbocycles. The number of rotatable bonds is 5. The molecule has 3 aromatic rings. The standard InChI is InChI=1S/C26H29N3O2/c1-17-4-8-19(9-5-17)25-23-16-29(15-18-6-10-20(30-2)11-7-18)24-13-12-21(31-3)14-22(24)26(23)28-27-25/h4-14,23,25-28H,15-16H2,1-3H3. The number of benzene rings is 3. The van der Waals surface area contributed by atoms with Gasteiger partial charge in [-0.3, -0.25) is 0 Å². The number of hydrogen-bond donors (Lipinski definition) is 2. The molecule has 0 bridgehead atoms. The first-order chi connectivity index (χ1) is 15.2. The van der Waals surface area contributed by atoms with E-state index in [1.165, 1.54) is 27.9 Å². The Morgan fingerprint density at radius 2 is 1.52 bits per heavy atom. The van der Waals surface area contributed by atoms with Gasteiger partial charge in [0.15, 0.2) is 0 Å². The zero-order valence-electron chi connectivity index (χ0n) is 18.3. The van der Waals surface area contributed by atoms with Crippen molar-refractivity contribution in [1.82, 2.24) is 10.9 Å². The van der Waals surface area contributed by atoms with Crippen LogP contribution in [0, 0.1) is 12.8 Å². The number of anilines is 1. The third-order valence-electron chi connectivity index (χ3n) is 6.56. The van der Waals surface area contributed by atoms with Crippen LogP contribution in [0.15, 0.2) is 66.7 Å². The van der Waals surface area contributed by atoms with Crippen LogP contribution in [0.25, 0.3) is 0 Å². The summed E-state index contributed by atoms with van der Waals surface area (Å²) in [5.74, 6) is 2.18. The van der Waals surface area contributed by atoms with Gasteiger partial charge in [-0.1, -0.05) is 42.0 Å². The molecule has 5 rings (SSSR count). The third kappa shape index (κ3) is 3.75. The summed E-state index contributed by atoms with van der Waals surface area (Å²) < 4.78 is 10.9. The molecule has 2 aliphatic heterocycles. The monoisotopic (exact) mass is 415 g/mol. The lowest BCUT2D eigenvalue weighted by atomic mass is 9.81. The minimum absolute atomic E-state index is 0.239. The fourth-order valence-corrected chi connectivity index (χ4v) is 4.86. The largest absolute Gasteiger partial charge is 0.497 e. The van der Waals surface area contributed by atoms with Crippen LogP contribution in [-0.4, -0.2) is 20.8 Å². The van der Waals surface area contributed by atoms with Crippen molar-refractivity contribution in [3.63, 3.8) is 0 Å². The lowest BCUT2D eigenvalue weighted by Gasteiger charge is -2.39. The van der Waals surface area contributed by atoms with Crippen LogP contribution in [0.5, 0.6) is 11.5 Å². The molecule has 0 spiro atoms. The molecule has 0 aliphatic carbocycles. The van der Waals surface area contributed by atoms with Gasteiger partial charge in [0.2, 0.25) is 0 Å². The Morgan fingerprint density at radius 3 is 2.23 bits per heavy atom. The Morgan fingerprint density at radius 1 is 0.839 bits per heavy atom. The summed E-state index contributed by atoms with van der Waals surface area (Å²) in [5.41, 5.74) is 13.6. The van der Waals surface area contributed by atoms with Crippen molar-refractivity contribution < 1.29 is 9.47 Å². The van der Waals surface area contributed by atoms with Gasteiger partial charge in [0.05, 0.1) is 26.3 Å². The first-order valence-electron chi connectivity index (χ1n) is 10.8. The van der Waals surface area contributed by atoms with Crippen molar-refractivity contribution in [3.05, 3.63) is 89.0 Å². The number of aryl methyl sites for hydroxylation is 1. The highest BCUT2D eigenvalue weighted by Gasteiger charge is 2.43. The number of fused-ring (bicyclic) bond motifs is 3. The molecule has 2 aliphatic rings. The molecule has 1 saturated heterocycles. The quantitative estimate of drug-likeness (QED) is 0.641. The molecule has 0 amide bonds. The van der Waals surface area contributed by atoms with Crippen LogP contribution in [0.1, 0.15) is 34.3 Å². The van der Waals surface area contributed by atoms with Crippen LogP contribution in [0.2, 0.25) is 0 Å². The molecule has 31 heavy (non-hydrogen) atoms. The van der Waals surface area contributed by atoms with Crippen molar-refractivity contribution >= 4 is 5.69 Å². The molecular formula is C26H29N3O2. The van der Waals surface area contributed by atoms with Crippen LogP contribution in [0.3, 0.4) is 0 Å². The Bertz CT molecular complexity index is 1050. The van der Waals surface area contributed by atoms with Gasteiger partial charge in [-0.2, -0.15) is 0 Å². The van der Waals surface area contributed by atoms with E-state index in [4.69, 9.17) is 9.47 Å². The Balaban J connectivity index is 1.49. The van der Waals surface area contributed by atoms with E-state index in [9.17, 15) is 0 Å². The van der Waals surface area contributed by atoms with Crippen molar-refractivity contribution in [3.8, 4) is 11.5 Å². The van der Waals surface area contributed by atoms with Crippen molar-refractivity contribution in [2.75, 3.05) is 25.7 Å². The second kappa shape index (κ2) is 8.25. The van der Waals surface area contributed by atoms with Gasteiger partial charge in [-0.25, -0.2) is 10.9 Å². The van der Waals surface area contributed by atoms with Gasteiger partial charge >= 0.3 is 0 Å². The highest BCUT2D eigenvalue weighted by Crippen LogP contribution is 2.46. The zero-order valence-corrected chi connectivity index (χ0v) is 18.3. The van der Waals surface area contributed by atoms with Gasteiger partial charge in [-0.15, -0.1) is 0 Å². The van der Waals surface area contributed by atoms with Gasteiger partial charge in [0, 0.05) is 24.7 Å². The first-order valence-corrected chi connectivity index (χ1v) is 10.8. The Hall–Kier alpha value is -3.02. The molecular weight excluding hydrogens is 386 g/mol. The second-order valence-electron chi connectivity index (χ2n) is 8.47. The average Bonchev–Trinajstić information content (AvgIpc) is 3.24. The predicted molar refractivity (Wildman–Crippen MR) is 123 cm³/mol. The average molecular weight is 416 g/mol. The SMILES string of the molecule is COc1ccc(CN2CC3C(c4ccc(C)cc4)NNC3c3cc(OC)ccc32)cc1. The van der Waals surface area contributed by atoms with E-state index in [1.807, 2.05) is 12.1 Å². The molecule has 2 heterocycles. The van der Waals surface area contributed by atoms with Crippen LogP contribution in [-0.2, 0) is 6.54 Å². The zero-order chi connectivity index (χ0) is 21.4. The molecule has 160 valence electrons. The molecule has 2 N–H and O–H groups in total. The smallest absolute Gasteiger partial charge is 0.119 e. The van der Waals surface area contributed by atoms with Crippen molar-refractivity contribution in [2.24, 2.45) is 5.92 Å². The fraction of sp³-hybridized carbons (Fsp3) is 0.308. The topological polar surface area (TPSA) is 45.8 Å². The van der Waals surface area contributed by atoms with E-state index in [2.05, 4.69) is 77.3 Å². The highest BCUT2D eigenvalue weighted by molar-refractivity contribution is 5.61. The second-order valence-corrected chi connectivity index (χ2v) is 8.47. The fourth-order valence-electron chi connectivity index (χ4n) is 4.86. The number of nitrogens with zero attached hydrogens (tertiary/aromatic N) is 1. The summed E-state index contributed by atoms with van der Waals surface area (Å²) in [4.78, 5) is 2.49. The maximum Gasteiger partial charge on any atom is 0.119 e. The minimum atomic E-state index is 0.239. The molecule has 0 radical (unpaired) electrons. The van der Waals surface area contributed by atoms with E-state index >= 15 is 0 Å². The lowest BCUT2D eigenvalue weighted by molar-refractivity contribution is 0.393. The lowest BCUT2D eigenvalue weighted by Crippen LogP contribution is -2.39. The van der Waals surface area contributed by atoms with Crippen molar-refractivity contribution in [2.45, 2.75) is 25.6 Å². The summed E-state index contributed by atoms with van der Waals surface area (Å²) in [7, 11) is 3.43. The summed E-state index contributed by atoms with van der Waals surface area (Å²) in [6, 6.07) is 24.2. The van der Waals surface area contributed by atoms with Gasteiger partial charge in [0.1, 0.15) is 11.5 Å². The van der Waals surface area contributed by atoms with E-state index in [0.717, 1.165) is 24.6 Å². The molecule has 0 aromatic heterocycles. The van der Waals surface area contributed by atoms with E-state index in [-0.39, 0.29) is 12.1 Å². The Kier molecular flexibility index (Phi) is 5.30. The molecule has 3 aromatic carbocycles. The molecule has 1 fully saturated rings. The number of methoxy groups -OCH3 is 2. The van der Waals surface area contributed by atoms with E-state index < -0.39 is 0 Å². The molecule has 5 nitrogen and oxygen atoms in total. The molecule has 5 heteroatoms. The predicted octanol–water partition coefficient (Wildman–Crippen LogP) is 4.54. The van der Waals surface area contributed by atoms with Crippen LogP contribution < -0.4 is 25.2 Å². The summed E-state index contributed by atoms with van der Waals surface area (Å²) in [6.45, 7) is 3.95. The maximum atomic E-state index is 5.55. The first kappa shape index (κ1) is 19.9. The van der Waals surface area contributed by atoms with Gasteiger partial charge < -0.3 is 14.4 Å². The maximum absolute atomic E-state index is 5.55. The van der Waals surface area contributed by atoms with Gasteiger partial charge in [-0.05, 0) is 53.9 Å². The Labute approximate surface area is 184 Å². The normalized spacial score (nSPS) is 22.0. The molecule has 3 unspecified atom stereocenters. The van der Waals surface area contributed by atoms with Crippen LogP contribution >= 0.6 is 0 Å².